The molecule has 2 aromatic rings. The minimum absolute atomic E-state index is 0.0369. The van der Waals surface area contributed by atoms with Crippen LogP contribution < -0.4 is 4.74 Å². The van der Waals surface area contributed by atoms with Crippen molar-refractivity contribution in [3.8, 4) is 5.75 Å². The maximum Gasteiger partial charge on any atom is 0.236 e. The van der Waals surface area contributed by atoms with E-state index in [1.54, 1.807) is 35.4 Å². The van der Waals surface area contributed by atoms with Crippen LogP contribution in [0.5, 0.6) is 5.75 Å². The minimum Gasteiger partial charge on any atom is -0.494 e. The zero-order valence-corrected chi connectivity index (χ0v) is 14.4. The number of halogens is 1. The van der Waals surface area contributed by atoms with Crippen LogP contribution in [-0.4, -0.2) is 43.5 Å². The van der Waals surface area contributed by atoms with Crippen molar-refractivity contribution in [2.75, 3.05) is 27.7 Å². The van der Waals surface area contributed by atoms with E-state index < -0.39 is 0 Å². The summed E-state index contributed by atoms with van der Waals surface area (Å²) in [5, 5.41) is 2.00. The second kappa shape index (κ2) is 8.08. The first-order chi connectivity index (χ1) is 11.0. The summed E-state index contributed by atoms with van der Waals surface area (Å²) in [7, 11) is 5.08. The summed E-state index contributed by atoms with van der Waals surface area (Å²) in [5.41, 5.74) is 0.805. The van der Waals surface area contributed by atoms with Crippen LogP contribution >= 0.6 is 11.3 Å². The number of thiophene rings is 1. The van der Waals surface area contributed by atoms with Crippen LogP contribution in [-0.2, 0) is 17.9 Å². The molecule has 1 heterocycles. The first-order valence-electron chi connectivity index (χ1n) is 7.27. The normalized spacial score (nSPS) is 10.8. The average Bonchev–Trinajstić information content (AvgIpc) is 3.00. The predicted octanol–water partition coefficient (Wildman–Crippen LogP) is 2.99. The van der Waals surface area contributed by atoms with Crippen molar-refractivity contribution < 1.29 is 13.9 Å². The number of nitrogens with zero attached hydrogens (tertiary/aromatic N) is 2. The predicted molar refractivity (Wildman–Crippen MR) is 90.1 cm³/mol. The van der Waals surface area contributed by atoms with Gasteiger partial charge in [0.2, 0.25) is 5.91 Å². The summed E-state index contributed by atoms with van der Waals surface area (Å²) >= 11 is 1.63. The Morgan fingerprint density at radius 3 is 2.65 bits per heavy atom. The molecule has 1 amide bonds. The molecule has 0 radical (unpaired) electrons. The highest BCUT2D eigenvalue weighted by atomic mass is 32.1. The molecule has 1 aromatic heterocycles. The average molecular weight is 336 g/mol. The van der Waals surface area contributed by atoms with Crippen molar-refractivity contribution in [1.82, 2.24) is 9.80 Å². The fraction of sp³-hybridized carbons (Fsp3) is 0.353. The maximum absolute atomic E-state index is 13.7. The summed E-state index contributed by atoms with van der Waals surface area (Å²) in [5.74, 6) is -0.127. The van der Waals surface area contributed by atoms with Gasteiger partial charge < -0.3 is 9.64 Å². The van der Waals surface area contributed by atoms with Crippen LogP contribution in [0, 0.1) is 5.82 Å². The number of methoxy groups -OCH3 is 1. The van der Waals surface area contributed by atoms with Crippen molar-refractivity contribution in [2.45, 2.75) is 13.1 Å². The monoisotopic (exact) mass is 336 g/mol. The molecule has 0 bridgehead atoms. The van der Waals surface area contributed by atoms with Crippen molar-refractivity contribution in [3.63, 3.8) is 0 Å². The van der Waals surface area contributed by atoms with Gasteiger partial charge in [0.15, 0.2) is 11.6 Å². The third kappa shape index (κ3) is 5.04. The highest BCUT2D eigenvalue weighted by molar-refractivity contribution is 7.09. The van der Waals surface area contributed by atoms with E-state index in [1.165, 1.54) is 13.2 Å². The number of hydrogen-bond donors (Lipinski definition) is 0. The molecule has 0 unspecified atom stereocenters. The van der Waals surface area contributed by atoms with Crippen LogP contribution in [0.3, 0.4) is 0 Å². The summed E-state index contributed by atoms with van der Waals surface area (Å²) in [6.07, 6.45) is 0. The third-order valence-electron chi connectivity index (χ3n) is 3.47. The molecule has 0 aliphatic carbocycles. The fourth-order valence-corrected chi connectivity index (χ4v) is 3.01. The number of hydrogen-bond acceptors (Lipinski definition) is 4. The van der Waals surface area contributed by atoms with Crippen LogP contribution in [0.2, 0.25) is 0 Å². The molecule has 2 rings (SSSR count). The SMILES string of the molecule is COc1ccc(CN(C)CC(=O)N(C)Cc2cccs2)cc1F. The van der Waals surface area contributed by atoms with Gasteiger partial charge in [0.25, 0.3) is 0 Å². The lowest BCUT2D eigenvalue weighted by molar-refractivity contribution is -0.131. The van der Waals surface area contributed by atoms with Gasteiger partial charge in [0.05, 0.1) is 20.2 Å². The van der Waals surface area contributed by atoms with Crippen molar-refractivity contribution in [2.24, 2.45) is 0 Å². The van der Waals surface area contributed by atoms with Crippen molar-refractivity contribution in [1.29, 1.82) is 0 Å². The van der Waals surface area contributed by atoms with Gasteiger partial charge in [0.1, 0.15) is 0 Å². The quantitative estimate of drug-likeness (QED) is 0.779. The Morgan fingerprint density at radius 1 is 1.26 bits per heavy atom. The Bertz CT molecular complexity index is 646. The van der Waals surface area contributed by atoms with Crippen LogP contribution in [0.25, 0.3) is 0 Å². The molecule has 6 heteroatoms. The molecule has 0 fully saturated rings. The van der Waals surface area contributed by atoms with Gasteiger partial charge in [-0.25, -0.2) is 4.39 Å². The number of likely N-dealkylation sites (N-methyl/N-ethyl adjacent to an activating group) is 2. The van der Waals surface area contributed by atoms with E-state index in [-0.39, 0.29) is 24.0 Å². The van der Waals surface area contributed by atoms with E-state index in [2.05, 4.69) is 0 Å². The number of benzene rings is 1. The lowest BCUT2D eigenvalue weighted by atomic mass is 10.2. The molecule has 23 heavy (non-hydrogen) atoms. The highest BCUT2D eigenvalue weighted by Gasteiger charge is 2.13. The molecular weight excluding hydrogens is 315 g/mol. The molecule has 0 atom stereocenters. The summed E-state index contributed by atoms with van der Waals surface area (Å²) < 4.78 is 18.6. The van der Waals surface area contributed by atoms with Gasteiger partial charge in [-0.2, -0.15) is 0 Å². The van der Waals surface area contributed by atoms with E-state index in [9.17, 15) is 9.18 Å². The second-order valence-corrected chi connectivity index (χ2v) is 6.50. The first-order valence-corrected chi connectivity index (χ1v) is 8.15. The summed E-state index contributed by atoms with van der Waals surface area (Å²) in [4.78, 5) is 17.0. The third-order valence-corrected chi connectivity index (χ3v) is 4.33. The lowest BCUT2D eigenvalue weighted by Gasteiger charge is -2.21. The molecule has 0 saturated heterocycles. The molecule has 0 aliphatic rings. The van der Waals surface area contributed by atoms with E-state index >= 15 is 0 Å². The molecule has 4 nitrogen and oxygen atoms in total. The van der Waals surface area contributed by atoms with E-state index in [4.69, 9.17) is 4.74 Å². The molecule has 1 aromatic carbocycles. The number of rotatable bonds is 7. The van der Waals surface area contributed by atoms with Gasteiger partial charge >= 0.3 is 0 Å². The molecule has 0 aliphatic heterocycles. The number of carbonyl (C=O) groups is 1. The minimum atomic E-state index is -0.389. The Labute approximate surface area is 140 Å². The summed E-state index contributed by atoms with van der Waals surface area (Å²) in [6.45, 7) is 1.40. The number of amides is 1. The van der Waals surface area contributed by atoms with Gasteiger partial charge in [-0.05, 0) is 36.2 Å². The van der Waals surface area contributed by atoms with Gasteiger partial charge in [0, 0.05) is 18.5 Å². The topological polar surface area (TPSA) is 32.8 Å². The smallest absolute Gasteiger partial charge is 0.236 e. The van der Waals surface area contributed by atoms with E-state index in [0.717, 1.165) is 10.4 Å². The molecular formula is C17H21FN2O2S. The fourth-order valence-electron chi connectivity index (χ4n) is 2.25. The highest BCUT2D eigenvalue weighted by Crippen LogP contribution is 2.18. The Hall–Kier alpha value is -1.92. The molecule has 0 saturated carbocycles. The van der Waals surface area contributed by atoms with Crippen LogP contribution in [0.1, 0.15) is 10.4 Å². The Morgan fingerprint density at radius 2 is 2.04 bits per heavy atom. The van der Waals surface area contributed by atoms with Crippen LogP contribution in [0.15, 0.2) is 35.7 Å². The Kier molecular flexibility index (Phi) is 6.12. The lowest BCUT2D eigenvalue weighted by Crippen LogP contribution is -2.35. The first kappa shape index (κ1) is 17.4. The zero-order chi connectivity index (χ0) is 16.8. The van der Waals surface area contributed by atoms with E-state index in [1.807, 2.05) is 29.5 Å². The summed E-state index contributed by atoms with van der Waals surface area (Å²) in [6, 6.07) is 8.83. The van der Waals surface area contributed by atoms with Crippen molar-refractivity contribution in [3.05, 3.63) is 52.0 Å². The van der Waals surface area contributed by atoms with Crippen LogP contribution in [0.4, 0.5) is 4.39 Å². The largest absolute Gasteiger partial charge is 0.494 e. The standard InChI is InChI=1S/C17H21FN2O2S/c1-19(10-13-6-7-16(22-3)15(18)9-13)12-17(21)20(2)11-14-5-4-8-23-14/h4-9H,10-12H2,1-3H3. The van der Waals surface area contributed by atoms with Gasteiger partial charge in [-0.15, -0.1) is 11.3 Å². The number of ether oxygens (including phenoxy) is 1. The molecule has 0 spiro atoms. The Balaban J connectivity index is 1.87. The van der Waals surface area contributed by atoms with Gasteiger partial charge in [-0.1, -0.05) is 12.1 Å². The maximum atomic E-state index is 13.7. The second-order valence-electron chi connectivity index (χ2n) is 5.47. The molecule has 124 valence electrons. The van der Waals surface area contributed by atoms with E-state index in [0.29, 0.717) is 13.1 Å². The van der Waals surface area contributed by atoms with Crippen molar-refractivity contribution >= 4 is 17.2 Å². The van der Waals surface area contributed by atoms with Gasteiger partial charge in [-0.3, -0.25) is 9.69 Å². The zero-order valence-electron chi connectivity index (χ0n) is 13.6. The molecule has 0 N–H and O–H groups in total. The number of carbonyl (C=O) groups excluding carboxylic acids is 1.